The van der Waals surface area contributed by atoms with Crippen LogP contribution in [0.1, 0.15) is 30.8 Å². The zero-order chi connectivity index (χ0) is 19.3. The van der Waals surface area contributed by atoms with Gasteiger partial charge in [0.05, 0.1) is 28.0 Å². The highest BCUT2D eigenvalue weighted by Gasteiger charge is 2.18. The van der Waals surface area contributed by atoms with Crippen molar-refractivity contribution < 1.29 is 9.59 Å². The molecule has 0 bridgehead atoms. The largest absolute Gasteiger partial charge is 0.325 e. The summed E-state index contributed by atoms with van der Waals surface area (Å²) in [6.45, 7) is 3.96. The lowest BCUT2D eigenvalue weighted by Gasteiger charge is -2.16. The first-order valence-electron chi connectivity index (χ1n) is 7.90. The molecule has 2 amide bonds. The van der Waals surface area contributed by atoms with Crippen molar-refractivity contribution in [1.29, 1.82) is 0 Å². The molecule has 0 saturated carbocycles. The molecule has 0 fully saturated rings. The number of carbonyl (C=O) groups is 2. The number of rotatable bonds is 6. The Labute approximate surface area is 161 Å². The fourth-order valence-electron chi connectivity index (χ4n) is 2.21. The van der Waals surface area contributed by atoms with Crippen LogP contribution < -0.4 is 16.4 Å². The van der Waals surface area contributed by atoms with Crippen molar-refractivity contribution in [1.82, 2.24) is 9.97 Å². The van der Waals surface area contributed by atoms with E-state index in [1.54, 1.807) is 0 Å². The highest BCUT2D eigenvalue weighted by atomic mass is 35.5. The number of nitrogens with two attached hydrogens (primary N) is 1. The smallest absolute Gasteiger partial charge is 0.275 e. The molecule has 1 aromatic heterocycles. The second-order valence-corrected chi connectivity index (χ2v) is 6.90. The van der Waals surface area contributed by atoms with Crippen LogP contribution in [0.15, 0.2) is 30.7 Å². The molecule has 7 nitrogen and oxygen atoms in total. The Balaban J connectivity index is 2.13. The number of anilines is 2. The van der Waals surface area contributed by atoms with Crippen LogP contribution in [0, 0.1) is 5.92 Å². The van der Waals surface area contributed by atoms with Gasteiger partial charge < -0.3 is 16.4 Å². The molecule has 2 rings (SSSR count). The summed E-state index contributed by atoms with van der Waals surface area (Å²) >= 11 is 12.4. The maximum absolute atomic E-state index is 12.2. The molecule has 26 heavy (non-hydrogen) atoms. The van der Waals surface area contributed by atoms with Gasteiger partial charge in [-0.2, -0.15) is 0 Å². The molecule has 0 saturated heterocycles. The van der Waals surface area contributed by atoms with Crippen molar-refractivity contribution in [3.63, 3.8) is 0 Å². The quantitative estimate of drug-likeness (QED) is 0.694. The molecule has 1 atom stereocenters. The second-order valence-electron chi connectivity index (χ2n) is 6.08. The number of nitrogens with zero attached hydrogens (tertiary/aromatic N) is 2. The normalized spacial score (nSPS) is 11.9. The monoisotopic (exact) mass is 395 g/mol. The first-order chi connectivity index (χ1) is 12.3. The van der Waals surface area contributed by atoms with E-state index < -0.39 is 11.9 Å². The zero-order valence-electron chi connectivity index (χ0n) is 14.3. The van der Waals surface area contributed by atoms with Crippen LogP contribution in [0.3, 0.4) is 0 Å². The topological polar surface area (TPSA) is 110 Å². The van der Waals surface area contributed by atoms with Gasteiger partial charge in [0, 0.05) is 18.1 Å². The van der Waals surface area contributed by atoms with E-state index in [2.05, 4.69) is 20.6 Å². The summed E-state index contributed by atoms with van der Waals surface area (Å²) in [5.74, 6) is -0.540. The molecular weight excluding hydrogens is 377 g/mol. The molecule has 0 aliphatic rings. The summed E-state index contributed by atoms with van der Waals surface area (Å²) in [4.78, 5) is 32.0. The highest BCUT2D eigenvalue weighted by molar-refractivity contribution is 6.40. The Morgan fingerprint density at radius 1 is 1.15 bits per heavy atom. The van der Waals surface area contributed by atoms with Crippen molar-refractivity contribution in [3.05, 3.63) is 46.5 Å². The summed E-state index contributed by atoms with van der Waals surface area (Å²) in [7, 11) is 0. The molecule has 2 aromatic rings. The standard InChI is InChI=1S/C17H19Cl2N5O2/c1-9(2)5-13(20)16(25)23-10-6-11(18)15(12(19)7-10)24-17(26)14-8-21-3-4-22-14/h3-4,6-9,13H,5,20H2,1-2H3,(H,23,25)(H,24,26)/t13-/m0/s1. The molecule has 4 N–H and O–H groups in total. The van der Waals surface area contributed by atoms with E-state index in [0.717, 1.165) is 0 Å². The number of hydrogen-bond donors (Lipinski definition) is 3. The number of halogens is 2. The summed E-state index contributed by atoms with van der Waals surface area (Å²) < 4.78 is 0. The van der Waals surface area contributed by atoms with Gasteiger partial charge in [-0.1, -0.05) is 37.0 Å². The molecule has 1 heterocycles. The highest BCUT2D eigenvalue weighted by Crippen LogP contribution is 2.34. The summed E-state index contributed by atoms with van der Waals surface area (Å²) in [5.41, 5.74) is 6.58. The van der Waals surface area contributed by atoms with Gasteiger partial charge in [-0.25, -0.2) is 4.98 Å². The SMILES string of the molecule is CC(C)C[C@H](N)C(=O)Nc1cc(Cl)c(NC(=O)c2cnccn2)c(Cl)c1. The van der Waals surface area contributed by atoms with E-state index in [1.165, 1.54) is 30.7 Å². The van der Waals surface area contributed by atoms with Crippen molar-refractivity contribution in [2.45, 2.75) is 26.3 Å². The fraction of sp³-hybridized carbons (Fsp3) is 0.294. The number of benzene rings is 1. The predicted molar refractivity (Wildman–Crippen MR) is 103 cm³/mol. The van der Waals surface area contributed by atoms with Crippen LogP contribution >= 0.6 is 23.2 Å². The van der Waals surface area contributed by atoms with Gasteiger partial charge in [0.15, 0.2) is 0 Å². The number of nitrogens with one attached hydrogen (secondary N) is 2. The molecule has 0 radical (unpaired) electrons. The van der Waals surface area contributed by atoms with E-state index in [9.17, 15) is 9.59 Å². The number of amides is 2. The maximum atomic E-state index is 12.2. The molecular formula is C17H19Cl2N5O2. The zero-order valence-corrected chi connectivity index (χ0v) is 15.8. The fourth-order valence-corrected chi connectivity index (χ4v) is 2.79. The number of hydrogen-bond acceptors (Lipinski definition) is 5. The van der Waals surface area contributed by atoms with E-state index in [4.69, 9.17) is 28.9 Å². The summed E-state index contributed by atoms with van der Waals surface area (Å²) in [6.07, 6.45) is 4.73. The molecule has 0 spiro atoms. The summed E-state index contributed by atoms with van der Waals surface area (Å²) in [6, 6.07) is 2.34. The summed E-state index contributed by atoms with van der Waals surface area (Å²) in [5, 5.41) is 5.59. The Kier molecular flexibility index (Phi) is 6.90. The van der Waals surface area contributed by atoms with Crippen LogP contribution in [0.25, 0.3) is 0 Å². The molecule has 9 heteroatoms. The van der Waals surface area contributed by atoms with Crippen molar-refractivity contribution in [3.8, 4) is 0 Å². The van der Waals surface area contributed by atoms with Gasteiger partial charge in [0.2, 0.25) is 5.91 Å². The Morgan fingerprint density at radius 3 is 2.35 bits per heavy atom. The number of aromatic nitrogens is 2. The third-order valence-electron chi connectivity index (χ3n) is 3.41. The Hall–Kier alpha value is -2.22. The molecule has 1 aromatic carbocycles. The average Bonchev–Trinajstić information content (AvgIpc) is 2.58. The van der Waals surface area contributed by atoms with E-state index >= 15 is 0 Å². The molecule has 138 valence electrons. The Morgan fingerprint density at radius 2 is 1.81 bits per heavy atom. The minimum absolute atomic E-state index is 0.122. The van der Waals surface area contributed by atoms with Crippen LogP contribution in [0.2, 0.25) is 10.0 Å². The van der Waals surface area contributed by atoms with E-state index in [0.29, 0.717) is 18.0 Å². The second kappa shape index (κ2) is 8.93. The first kappa shape index (κ1) is 20.1. The third kappa shape index (κ3) is 5.39. The lowest BCUT2D eigenvalue weighted by molar-refractivity contribution is -0.117. The number of carbonyl (C=O) groups excluding carboxylic acids is 2. The van der Waals surface area contributed by atoms with Crippen molar-refractivity contribution >= 4 is 46.4 Å². The predicted octanol–water partition coefficient (Wildman–Crippen LogP) is 3.35. The van der Waals surface area contributed by atoms with Crippen LogP contribution in [-0.4, -0.2) is 27.8 Å². The van der Waals surface area contributed by atoms with Gasteiger partial charge in [0.25, 0.3) is 5.91 Å². The van der Waals surface area contributed by atoms with Gasteiger partial charge in [0.1, 0.15) is 5.69 Å². The molecule has 0 aliphatic carbocycles. The average molecular weight is 396 g/mol. The third-order valence-corrected chi connectivity index (χ3v) is 4.00. The van der Waals surface area contributed by atoms with Gasteiger partial charge in [-0.15, -0.1) is 0 Å². The minimum atomic E-state index is -0.636. The van der Waals surface area contributed by atoms with Gasteiger partial charge in [-0.3, -0.25) is 14.6 Å². The van der Waals surface area contributed by atoms with Gasteiger partial charge >= 0.3 is 0 Å². The molecule has 0 aliphatic heterocycles. The van der Waals surface area contributed by atoms with Crippen LogP contribution in [-0.2, 0) is 4.79 Å². The van der Waals surface area contributed by atoms with Crippen LogP contribution in [0.5, 0.6) is 0 Å². The first-order valence-corrected chi connectivity index (χ1v) is 8.66. The van der Waals surface area contributed by atoms with Crippen molar-refractivity contribution in [2.75, 3.05) is 10.6 Å². The van der Waals surface area contributed by atoms with E-state index in [1.807, 2.05) is 13.8 Å². The lowest BCUT2D eigenvalue weighted by atomic mass is 10.0. The molecule has 0 unspecified atom stereocenters. The van der Waals surface area contributed by atoms with E-state index in [-0.39, 0.29) is 27.3 Å². The Bertz CT molecular complexity index is 776. The maximum Gasteiger partial charge on any atom is 0.275 e. The van der Waals surface area contributed by atoms with Crippen molar-refractivity contribution in [2.24, 2.45) is 11.7 Å². The van der Waals surface area contributed by atoms with Gasteiger partial charge in [-0.05, 0) is 24.5 Å². The minimum Gasteiger partial charge on any atom is -0.325 e. The van der Waals surface area contributed by atoms with Crippen LogP contribution in [0.4, 0.5) is 11.4 Å². The lowest BCUT2D eigenvalue weighted by Crippen LogP contribution is -2.36.